The second kappa shape index (κ2) is 5.57. The molecule has 6 heteroatoms. The van der Waals surface area contributed by atoms with Gasteiger partial charge in [0.15, 0.2) is 0 Å². The monoisotopic (exact) mass is 241 g/mol. The van der Waals surface area contributed by atoms with E-state index in [-0.39, 0.29) is 30.5 Å². The van der Waals surface area contributed by atoms with Gasteiger partial charge in [0.2, 0.25) is 11.8 Å². The summed E-state index contributed by atoms with van der Waals surface area (Å²) in [4.78, 5) is 24.9. The van der Waals surface area contributed by atoms with Gasteiger partial charge in [-0.25, -0.2) is 0 Å². The van der Waals surface area contributed by atoms with Crippen molar-refractivity contribution < 1.29 is 14.3 Å². The maximum Gasteiger partial charge on any atom is 0.243 e. The van der Waals surface area contributed by atoms with Gasteiger partial charge in [0, 0.05) is 19.6 Å². The van der Waals surface area contributed by atoms with Gasteiger partial charge in [-0.2, -0.15) is 0 Å². The summed E-state index contributed by atoms with van der Waals surface area (Å²) < 4.78 is 5.60. The van der Waals surface area contributed by atoms with Crippen LogP contribution >= 0.6 is 0 Å². The van der Waals surface area contributed by atoms with E-state index in [1.54, 1.807) is 0 Å². The van der Waals surface area contributed by atoms with Crippen LogP contribution < -0.4 is 10.6 Å². The Morgan fingerprint density at radius 2 is 2.29 bits per heavy atom. The number of morpholine rings is 1. The molecule has 2 unspecified atom stereocenters. The van der Waals surface area contributed by atoms with E-state index >= 15 is 0 Å². The molecule has 2 fully saturated rings. The van der Waals surface area contributed by atoms with Crippen molar-refractivity contribution in [1.82, 2.24) is 15.5 Å². The van der Waals surface area contributed by atoms with Gasteiger partial charge in [-0.15, -0.1) is 0 Å². The van der Waals surface area contributed by atoms with Gasteiger partial charge in [0.1, 0.15) is 0 Å². The molecule has 0 aliphatic carbocycles. The lowest BCUT2D eigenvalue weighted by Gasteiger charge is -2.36. The molecular weight excluding hydrogens is 222 g/mol. The van der Waals surface area contributed by atoms with E-state index in [9.17, 15) is 9.59 Å². The number of nitrogens with zero attached hydrogens (tertiary/aromatic N) is 1. The van der Waals surface area contributed by atoms with Crippen LogP contribution in [0, 0.1) is 0 Å². The molecule has 2 amide bonds. The van der Waals surface area contributed by atoms with E-state index in [2.05, 4.69) is 10.6 Å². The Labute approximate surface area is 101 Å². The molecular formula is C11H19N3O3. The molecule has 0 aromatic carbocycles. The quantitative estimate of drug-likeness (QED) is 0.602. The molecule has 2 rings (SSSR count). The highest BCUT2D eigenvalue weighted by molar-refractivity contribution is 6.01. The van der Waals surface area contributed by atoms with Crippen molar-refractivity contribution in [3.8, 4) is 0 Å². The maximum atomic E-state index is 11.7. The predicted molar refractivity (Wildman–Crippen MR) is 61.4 cm³/mol. The first-order valence-corrected chi connectivity index (χ1v) is 6.10. The number of nitrogens with one attached hydrogen (secondary N) is 2. The van der Waals surface area contributed by atoms with Crippen molar-refractivity contribution >= 4 is 11.8 Å². The van der Waals surface area contributed by atoms with Crippen LogP contribution in [0.5, 0.6) is 0 Å². The number of rotatable bonds is 3. The highest BCUT2D eigenvalue weighted by atomic mass is 16.5. The Kier molecular flexibility index (Phi) is 4.09. The van der Waals surface area contributed by atoms with Crippen molar-refractivity contribution in [3.63, 3.8) is 0 Å². The minimum Gasteiger partial charge on any atom is -0.374 e. The predicted octanol–water partition coefficient (Wildman–Crippen LogP) is -1.29. The normalized spacial score (nSPS) is 31.4. The molecule has 2 atom stereocenters. The third-order valence-corrected chi connectivity index (χ3v) is 3.18. The van der Waals surface area contributed by atoms with E-state index in [4.69, 9.17) is 4.74 Å². The molecule has 2 N–H and O–H groups in total. The van der Waals surface area contributed by atoms with Crippen LogP contribution in [-0.2, 0) is 14.3 Å². The molecule has 0 aromatic heterocycles. The van der Waals surface area contributed by atoms with E-state index in [1.807, 2.05) is 11.8 Å². The van der Waals surface area contributed by atoms with Crippen molar-refractivity contribution in [2.24, 2.45) is 0 Å². The average Bonchev–Trinajstić information content (AvgIpc) is 2.30. The number of carbonyl (C=O) groups excluding carboxylic acids is 2. The molecule has 2 heterocycles. The number of imide groups is 1. The van der Waals surface area contributed by atoms with E-state index in [1.165, 1.54) is 0 Å². The molecule has 0 radical (unpaired) electrons. The summed E-state index contributed by atoms with van der Waals surface area (Å²) in [6.45, 7) is 5.20. The molecule has 0 bridgehead atoms. The summed E-state index contributed by atoms with van der Waals surface area (Å²) in [7, 11) is 0. The molecule has 17 heavy (non-hydrogen) atoms. The Hall–Kier alpha value is -0.980. The number of carbonyl (C=O) groups is 2. The third kappa shape index (κ3) is 3.02. The van der Waals surface area contributed by atoms with E-state index < -0.39 is 0 Å². The molecule has 6 nitrogen and oxygen atoms in total. The molecule has 0 saturated carbocycles. The molecule has 96 valence electrons. The highest BCUT2D eigenvalue weighted by Gasteiger charge is 2.33. The standard InChI is InChI=1S/C11H19N3O3/c1-2-9-11(16)13-10(15)7-14(9)6-8-5-12-3-4-17-8/h8-9,12H,2-7H2,1H3,(H,13,15,16). The number of amides is 2. The topological polar surface area (TPSA) is 70.7 Å². The second-order valence-electron chi connectivity index (χ2n) is 4.46. The van der Waals surface area contributed by atoms with Crippen LogP contribution in [0.15, 0.2) is 0 Å². The molecule has 2 aliphatic rings. The van der Waals surface area contributed by atoms with Crippen LogP contribution in [0.3, 0.4) is 0 Å². The summed E-state index contributed by atoms with van der Waals surface area (Å²) in [5.41, 5.74) is 0. The zero-order valence-electron chi connectivity index (χ0n) is 10.1. The summed E-state index contributed by atoms with van der Waals surface area (Å²) in [6.07, 6.45) is 0.774. The fourth-order valence-electron chi connectivity index (χ4n) is 2.35. The third-order valence-electron chi connectivity index (χ3n) is 3.18. The van der Waals surface area contributed by atoms with Crippen LogP contribution in [0.1, 0.15) is 13.3 Å². The van der Waals surface area contributed by atoms with Gasteiger partial charge in [-0.1, -0.05) is 6.92 Å². The lowest BCUT2D eigenvalue weighted by atomic mass is 10.1. The molecule has 2 saturated heterocycles. The van der Waals surface area contributed by atoms with Gasteiger partial charge in [0.25, 0.3) is 0 Å². The van der Waals surface area contributed by atoms with Crippen LogP contribution in [0.4, 0.5) is 0 Å². The van der Waals surface area contributed by atoms with Gasteiger partial charge >= 0.3 is 0 Å². The summed E-state index contributed by atoms with van der Waals surface area (Å²) in [5, 5.41) is 5.61. The van der Waals surface area contributed by atoms with Gasteiger partial charge in [0.05, 0.1) is 25.3 Å². The lowest BCUT2D eigenvalue weighted by Crippen LogP contribution is -2.60. The number of hydrogen-bond donors (Lipinski definition) is 2. The van der Waals surface area contributed by atoms with Crippen molar-refractivity contribution in [2.75, 3.05) is 32.8 Å². The Bertz CT molecular complexity index is 302. The second-order valence-corrected chi connectivity index (χ2v) is 4.46. The summed E-state index contributed by atoms with van der Waals surface area (Å²) in [5.74, 6) is -0.406. The average molecular weight is 241 g/mol. The fourth-order valence-corrected chi connectivity index (χ4v) is 2.35. The van der Waals surface area contributed by atoms with Gasteiger partial charge in [-0.3, -0.25) is 19.8 Å². The zero-order valence-corrected chi connectivity index (χ0v) is 10.1. The minimum atomic E-state index is -0.219. The fraction of sp³-hybridized carbons (Fsp3) is 0.818. The Morgan fingerprint density at radius 3 is 2.94 bits per heavy atom. The molecule has 2 aliphatic heterocycles. The van der Waals surface area contributed by atoms with Crippen LogP contribution in [-0.4, -0.2) is 61.6 Å². The minimum absolute atomic E-state index is 0.0662. The zero-order chi connectivity index (χ0) is 12.3. The van der Waals surface area contributed by atoms with E-state index in [0.717, 1.165) is 13.1 Å². The molecule has 0 aromatic rings. The van der Waals surface area contributed by atoms with Crippen LogP contribution in [0.25, 0.3) is 0 Å². The summed E-state index contributed by atoms with van der Waals surface area (Å²) in [6, 6.07) is -0.210. The number of hydrogen-bond acceptors (Lipinski definition) is 5. The smallest absolute Gasteiger partial charge is 0.243 e. The van der Waals surface area contributed by atoms with Crippen molar-refractivity contribution in [1.29, 1.82) is 0 Å². The first kappa shape index (κ1) is 12.5. The SMILES string of the molecule is CCC1C(=O)NC(=O)CN1CC1CNCCO1. The highest BCUT2D eigenvalue weighted by Crippen LogP contribution is 2.11. The van der Waals surface area contributed by atoms with Gasteiger partial charge in [-0.05, 0) is 6.42 Å². The molecule has 0 spiro atoms. The van der Waals surface area contributed by atoms with Crippen LogP contribution in [0.2, 0.25) is 0 Å². The first-order chi connectivity index (χ1) is 8.20. The van der Waals surface area contributed by atoms with Crippen molar-refractivity contribution in [2.45, 2.75) is 25.5 Å². The first-order valence-electron chi connectivity index (χ1n) is 6.10. The number of piperazine rings is 1. The maximum absolute atomic E-state index is 11.7. The Morgan fingerprint density at radius 1 is 1.47 bits per heavy atom. The van der Waals surface area contributed by atoms with Gasteiger partial charge < -0.3 is 10.1 Å². The van der Waals surface area contributed by atoms with E-state index in [0.29, 0.717) is 19.6 Å². The number of ether oxygens (including phenoxy) is 1. The van der Waals surface area contributed by atoms with Crippen molar-refractivity contribution in [3.05, 3.63) is 0 Å². The lowest BCUT2D eigenvalue weighted by molar-refractivity contribution is -0.141. The summed E-state index contributed by atoms with van der Waals surface area (Å²) >= 11 is 0. The Balaban J connectivity index is 1.95. The largest absolute Gasteiger partial charge is 0.374 e.